The van der Waals surface area contributed by atoms with Crippen LogP contribution in [0.5, 0.6) is 5.75 Å². The number of hydrogen-bond acceptors (Lipinski definition) is 9. The van der Waals surface area contributed by atoms with Gasteiger partial charge in [0.25, 0.3) is 0 Å². The van der Waals surface area contributed by atoms with E-state index in [2.05, 4.69) is 50.3 Å². The Morgan fingerprint density at radius 1 is 1.12 bits per heavy atom. The highest BCUT2D eigenvalue weighted by molar-refractivity contribution is 7.70. The molecule has 3 heterocycles. The number of aryl methyl sites for hydroxylation is 1. The second-order valence-electron chi connectivity index (χ2n) is 11.2. The molecule has 41 heavy (non-hydrogen) atoms. The molecule has 0 spiro atoms. The predicted molar refractivity (Wildman–Crippen MR) is 169 cm³/mol. The third-order valence-corrected chi connectivity index (χ3v) is 9.70. The van der Waals surface area contributed by atoms with Gasteiger partial charge in [-0.15, -0.1) is 0 Å². The zero-order valence-corrected chi connectivity index (χ0v) is 26.1. The van der Waals surface area contributed by atoms with Crippen molar-refractivity contribution in [2.24, 2.45) is 0 Å². The summed E-state index contributed by atoms with van der Waals surface area (Å²) < 4.78 is 24.3. The maximum atomic E-state index is 12.8. The van der Waals surface area contributed by atoms with Crippen molar-refractivity contribution in [2.45, 2.75) is 38.8 Å². The van der Waals surface area contributed by atoms with Crippen molar-refractivity contribution in [3.8, 4) is 5.75 Å². The molecule has 0 aliphatic carbocycles. The first kappa shape index (κ1) is 29.6. The van der Waals surface area contributed by atoms with Crippen LogP contribution in [0.2, 0.25) is 5.02 Å². The fourth-order valence-electron chi connectivity index (χ4n) is 5.86. The minimum Gasteiger partial charge on any atom is -0.494 e. The lowest BCUT2D eigenvalue weighted by molar-refractivity contribution is 0.0279. The Bertz CT molecular complexity index is 1430. The molecule has 0 radical (unpaired) electrons. The summed E-state index contributed by atoms with van der Waals surface area (Å²) in [6, 6.07) is 12.6. The van der Waals surface area contributed by atoms with Crippen LogP contribution in [0, 0.1) is 6.92 Å². The number of methoxy groups -OCH3 is 1. The SMILES string of the molecule is COc1cc(Nc2ncc(Cl)c(Nc3ccccc3P(C)(C)=O)n2)cc(C)c1N1CCN(C2CCOCC2)C[C@@H]1C. The summed E-state index contributed by atoms with van der Waals surface area (Å²) in [4.78, 5) is 14.1. The fraction of sp³-hybridized carbons (Fsp3) is 0.467. The number of hydrogen-bond donors (Lipinski definition) is 2. The molecule has 2 aliphatic rings. The molecule has 0 amide bonds. The lowest BCUT2D eigenvalue weighted by Crippen LogP contribution is -2.56. The van der Waals surface area contributed by atoms with Crippen molar-refractivity contribution in [3.63, 3.8) is 0 Å². The van der Waals surface area contributed by atoms with Crippen molar-refractivity contribution in [1.82, 2.24) is 14.9 Å². The predicted octanol–water partition coefficient (Wildman–Crippen LogP) is 5.87. The number of rotatable bonds is 8. The summed E-state index contributed by atoms with van der Waals surface area (Å²) in [6.45, 7) is 12.6. The second-order valence-corrected chi connectivity index (χ2v) is 14.8. The largest absolute Gasteiger partial charge is 0.494 e. The van der Waals surface area contributed by atoms with Crippen LogP contribution in [0.3, 0.4) is 0 Å². The van der Waals surface area contributed by atoms with Crippen LogP contribution in [-0.4, -0.2) is 80.2 Å². The minimum atomic E-state index is -2.51. The van der Waals surface area contributed by atoms with Crippen LogP contribution in [0.4, 0.5) is 28.8 Å². The number of nitrogens with zero attached hydrogens (tertiary/aromatic N) is 4. The van der Waals surface area contributed by atoms with Gasteiger partial charge in [-0.25, -0.2) is 4.98 Å². The van der Waals surface area contributed by atoms with Gasteiger partial charge in [0.1, 0.15) is 17.9 Å². The number of para-hydroxylation sites is 1. The van der Waals surface area contributed by atoms with Crippen LogP contribution in [0.15, 0.2) is 42.6 Å². The topological polar surface area (TPSA) is 91.8 Å². The number of piperazine rings is 1. The van der Waals surface area contributed by atoms with E-state index >= 15 is 0 Å². The first-order valence-corrected chi connectivity index (χ1v) is 17.1. The summed E-state index contributed by atoms with van der Waals surface area (Å²) in [5, 5.41) is 7.67. The zero-order valence-electron chi connectivity index (χ0n) is 24.5. The maximum Gasteiger partial charge on any atom is 0.229 e. The van der Waals surface area contributed by atoms with Crippen LogP contribution in [-0.2, 0) is 9.30 Å². The van der Waals surface area contributed by atoms with Gasteiger partial charge >= 0.3 is 0 Å². The molecule has 2 N–H and O–H groups in total. The Labute approximate surface area is 248 Å². The Morgan fingerprint density at radius 2 is 1.88 bits per heavy atom. The molecule has 5 rings (SSSR count). The van der Waals surface area contributed by atoms with Gasteiger partial charge in [-0.1, -0.05) is 23.7 Å². The molecular formula is C30H40ClN6O3P. The van der Waals surface area contributed by atoms with E-state index in [1.807, 2.05) is 30.3 Å². The van der Waals surface area contributed by atoms with E-state index in [1.165, 1.54) is 0 Å². The van der Waals surface area contributed by atoms with E-state index in [4.69, 9.17) is 21.1 Å². The van der Waals surface area contributed by atoms with Crippen molar-refractivity contribution in [2.75, 3.05) is 68.8 Å². The molecule has 0 unspecified atom stereocenters. The van der Waals surface area contributed by atoms with Crippen molar-refractivity contribution in [3.05, 3.63) is 53.2 Å². The Balaban J connectivity index is 1.34. The van der Waals surface area contributed by atoms with Crippen molar-refractivity contribution >= 4 is 52.9 Å². The van der Waals surface area contributed by atoms with Gasteiger partial charge < -0.3 is 29.6 Å². The third kappa shape index (κ3) is 6.81. The average molecular weight is 599 g/mol. The highest BCUT2D eigenvalue weighted by atomic mass is 35.5. The number of ether oxygens (including phenoxy) is 2. The molecule has 0 saturated carbocycles. The highest BCUT2D eigenvalue weighted by Gasteiger charge is 2.31. The van der Waals surface area contributed by atoms with Gasteiger partial charge in [-0.3, -0.25) is 4.90 Å². The molecule has 3 aromatic rings. The molecule has 1 atom stereocenters. The molecule has 2 aliphatic heterocycles. The van der Waals surface area contributed by atoms with Gasteiger partial charge in [0.05, 0.1) is 24.7 Å². The Hall–Kier alpha value is -2.84. The molecule has 0 bridgehead atoms. The summed E-state index contributed by atoms with van der Waals surface area (Å²) in [6.07, 6.45) is 3.78. The number of aromatic nitrogens is 2. The third-order valence-electron chi connectivity index (χ3n) is 7.88. The maximum absolute atomic E-state index is 12.8. The molecular weight excluding hydrogens is 559 g/mol. The zero-order chi connectivity index (χ0) is 29.1. The number of benzene rings is 2. The number of nitrogens with one attached hydrogen (secondary N) is 2. The smallest absolute Gasteiger partial charge is 0.229 e. The van der Waals surface area contributed by atoms with Gasteiger partial charge in [-0.2, -0.15) is 4.98 Å². The van der Waals surface area contributed by atoms with Crippen LogP contribution < -0.4 is 25.6 Å². The molecule has 220 valence electrons. The quantitative estimate of drug-likeness (QED) is 0.309. The van der Waals surface area contributed by atoms with Gasteiger partial charge in [0.15, 0.2) is 5.82 Å². The van der Waals surface area contributed by atoms with Crippen molar-refractivity contribution in [1.29, 1.82) is 0 Å². The minimum absolute atomic E-state index is 0.357. The summed E-state index contributed by atoms with van der Waals surface area (Å²) >= 11 is 6.45. The average Bonchev–Trinajstić information content (AvgIpc) is 2.95. The Kier molecular flexibility index (Phi) is 9.09. The molecule has 2 aromatic carbocycles. The van der Waals surface area contributed by atoms with Crippen LogP contribution in [0.25, 0.3) is 0 Å². The van der Waals surface area contributed by atoms with Gasteiger partial charge in [0, 0.05) is 62.0 Å². The molecule has 11 heteroatoms. The monoisotopic (exact) mass is 598 g/mol. The van der Waals surface area contributed by atoms with E-state index in [9.17, 15) is 4.57 Å². The standard InChI is InChI=1S/C30H40ClN6O3P/c1-20-16-22(17-26(39-3)28(20)37-13-12-36(19-21(37)2)23-10-14-40-15-11-23)33-30-32-18-24(31)29(35-30)34-25-8-6-7-9-27(25)41(4,5)38/h6-9,16-18,21,23H,10-15,19H2,1-5H3,(H2,32,33,34,35)/t21-/m0/s1. The first-order chi connectivity index (χ1) is 19.6. The summed E-state index contributed by atoms with van der Waals surface area (Å²) in [5.74, 6) is 1.63. The lowest BCUT2D eigenvalue weighted by atomic mass is 10.0. The normalized spacial score (nSPS) is 18.8. The Morgan fingerprint density at radius 3 is 2.59 bits per heavy atom. The second kappa shape index (κ2) is 12.6. The highest BCUT2D eigenvalue weighted by Crippen LogP contribution is 2.40. The number of anilines is 5. The van der Waals surface area contributed by atoms with Gasteiger partial charge in [-0.05, 0) is 63.8 Å². The van der Waals surface area contributed by atoms with E-state index in [0.717, 1.165) is 73.7 Å². The molecule has 1 aromatic heterocycles. The van der Waals surface area contributed by atoms with Crippen molar-refractivity contribution < 1.29 is 14.0 Å². The van der Waals surface area contributed by atoms with Crippen LogP contribution >= 0.6 is 18.7 Å². The van der Waals surface area contributed by atoms with E-state index in [0.29, 0.717) is 34.6 Å². The van der Waals surface area contributed by atoms with E-state index in [-0.39, 0.29) is 0 Å². The lowest BCUT2D eigenvalue weighted by Gasteiger charge is -2.46. The first-order valence-electron chi connectivity index (χ1n) is 14.1. The molecule has 2 fully saturated rings. The summed E-state index contributed by atoms with van der Waals surface area (Å²) in [7, 11) is -0.800. The van der Waals surface area contributed by atoms with E-state index < -0.39 is 7.14 Å². The number of halogens is 1. The van der Waals surface area contributed by atoms with E-state index in [1.54, 1.807) is 26.6 Å². The molecule has 2 saturated heterocycles. The van der Waals surface area contributed by atoms with Crippen LogP contribution in [0.1, 0.15) is 25.3 Å². The summed E-state index contributed by atoms with van der Waals surface area (Å²) in [5.41, 5.74) is 3.76. The van der Waals surface area contributed by atoms with Gasteiger partial charge in [0.2, 0.25) is 5.95 Å². The fourth-order valence-corrected chi connectivity index (χ4v) is 7.16. The molecule has 9 nitrogen and oxygen atoms in total.